The normalized spacial score (nSPS) is 28.1. The molecule has 0 amide bonds. The van der Waals surface area contributed by atoms with Crippen molar-refractivity contribution in [2.45, 2.75) is 78.2 Å². The van der Waals surface area contributed by atoms with E-state index < -0.39 is 0 Å². The topological polar surface area (TPSA) is 52.3 Å². The highest BCUT2D eigenvalue weighted by Crippen LogP contribution is 2.30. The van der Waals surface area contributed by atoms with E-state index in [4.69, 9.17) is 10.5 Å². The van der Waals surface area contributed by atoms with Gasteiger partial charge in [-0.1, -0.05) is 33.6 Å². The molecule has 0 heterocycles. The van der Waals surface area contributed by atoms with E-state index in [1.807, 2.05) is 0 Å². The fourth-order valence-electron chi connectivity index (χ4n) is 3.61. The molecule has 0 aromatic heterocycles. The van der Waals surface area contributed by atoms with Crippen molar-refractivity contribution in [3.05, 3.63) is 0 Å². The van der Waals surface area contributed by atoms with Crippen LogP contribution in [0.15, 0.2) is 0 Å². The van der Waals surface area contributed by atoms with Gasteiger partial charge in [0, 0.05) is 6.42 Å². The summed E-state index contributed by atoms with van der Waals surface area (Å²) in [5.41, 5.74) is 5.63. The molecule has 1 rings (SSSR count). The van der Waals surface area contributed by atoms with E-state index >= 15 is 0 Å². The number of hydrogen-bond donors (Lipinski definition) is 1. The summed E-state index contributed by atoms with van der Waals surface area (Å²) >= 11 is 0. The zero-order valence-corrected chi connectivity index (χ0v) is 13.6. The van der Waals surface area contributed by atoms with Crippen molar-refractivity contribution in [2.24, 2.45) is 23.5 Å². The van der Waals surface area contributed by atoms with Crippen molar-refractivity contribution in [1.29, 1.82) is 0 Å². The molecule has 1 saturated carbocycles. The number of nitrogens with two attached hydrogens (primary N) is 1. The third-order valence-electron chi connectivity index (χ3n) is 4.46. The van der Waals surface area contributed by atoms with Crippen LogP contribution in [0.2, 0.25) is 0 Å². The molecule has 3 nitrogen and oxygen atoms in total. The van der Waals surface area contributed by atoms with Gasteiger partial charge in [-0.2, -0.15) is 0 Å². The molecule has 0 saturated heterocycles. The maximum Gasteiger partial charge on any atom is 0.306 e. The minimum Gasteiger partial charge on any atom is -0.462 e. The Bertz CT molecular complexity index is 264. The summed E-state index contributed by atoms with van der Waals surface area (Å²) in [7, 11) is 0. The van der Waals surface area contributed by atoms with Crippen LogP contribution < -0.4 is 5.73 Å². The smallest absolute Gasteiger partial charge is 0.306 e. The molecule has 0 radical (unpaired) electrons. The first kappa shape index (κ1) is 17.5. The minimum atomic E-state index is -0.00516. The van der Waals surface area contributed by atoms with E-state index in [0.29, 0.717) is 24.2 Å². The molecule has 0 aliphatic heterocycles. The highest BCUT2D eigenvalue weighted by Gasteiger charge is 2.26. The van der Waals surface area contributed by atoms with Gasteiger partial charge in [-0.05, 0) is 56.4 Å². The minimum absolute atomic E-state index is 0.00516. The number of hydrogen-bond acceptors (Lipinski definition) is 3. The van der Waals surface area contributed by atoms with Crippen LogP contribution in [-0.2, 0) is 9.53 Å². The van der Waals surface area contributed by atoms with Crippen molar-refractivity contribution < 1.29 is 9.53 Å². The molecular weight excluding hydrogens is 250 g/mol. The maximum absolute atomic E-state index is 12.0. The number of carbonyl (C=O) groups excluding carboxylic acids is 1. The molecule has 0 aromatic carbocycles. The maximum atomic E-state index is 12.0. The quantitative estimate of drug-likeness (QED) is 0.687. The monoisotopic (exact) mass is 283 g/mol. The van der Waals surface area contributed by atoms with Gasteiger partial charge < -0.3 is 10.5 Å². The molecule has 2 N–H and O–H groups in total. The van der Waals surface area contributed by atoms with E-state index in [-0.39, 0.29) is 12.1 Å². The highest BCUT2D eigenvalue weighted by molar-refractivity contribution is 5.69. The molecule has 0 aromatic rings. The summed E-state index contributed by atoms with van der Waals surface area (Å²) in [5, 5.41) is 0. The van der Waals surface area contributed by atoms with Gasteiger partial charge in [-0.25, -0.2) is 0 Å². The van der Waals surface area contributed by atoms with Gasteiger partial charge in [-0.15, -0.1) is 0 Å². The SMILES string of the molecule is CCCC(CCN)CCC(=O)OC1CC(C)CC(C)C1. The van der Waals surface area contributed by atoms with Gasteiger partial charge in [0.1, 0.15) is 6.10 Å². The van der Waals surface area contributed by atoms with Gasteiger partial charge in [0.15, 0.2) is 0 Å². The first-order valence-corrected chi connectivity index (χ1v) is 8.44. The third-order valence-corrected chi connectivity index (χ3v) is 4.46. The fraction of sp³-hybridized carbons (Fsp3) is 0.941. The van der Waals surface area contributed by atoms with Gasteiger partial charge >= 0.3 is 5.97 Å². The summed E-state index contributed by atoms with van der Waals surface area (Å²) in [4.78, 5) is 12.0. The predicted octanol–water partition coefficient (Wildman–Crippen LogP) is 3.90. The van der Waals surface area contributed by atoms with Gasteiger partial charge in [0.25, 0.3) is 0 Å². The molecule has 118 valence electrons. The summed E-state index contributed by atoms with van der Waals surface area (Å²) in [6.45, 7) is 7.42. The number of esters is 1. The molecular formula is C17H33NO2. The van der Waals surface area contributed by atoms with Crippen LogP contribution in [0.4, 0.5) is 0 Å². The second-order valence-electron chi connectivity index (χ2n) is 6.80. The largest absolute Gasteiger partial charge is 0.462 e. The Morgan fingerprint density at radius 2 is 1.80 bits per heavy atom. The Balaban J connectivity index is 2.28. The molecule has 1 aliphatic carbocycles. The van der Waals surface area contributed by atoms with Crippen molar-refractivity contribution in [1.82, 2.24) is 0 Å². The van der Waals surface area contributed by atoms with E-state index in [9.17, 15) is 4.79 Å². The Kier molecular flexibility index (Phi) is 8.20. The lowest BCUT2D eigenvalue weighted by Gasteiger charge is -2.31. The molecule has 3 atom stereocenters. The average molecular weight is 283 g/mol. The Hall–Kier alpha value is -0.570. The molecule has 20 heavy (non-hydrogen) atoms. The lowest BCUT2D eigenvalue weighted by molar-refractivity contribution is -0.152. The highest BCUT2D eigenvalue weighted by atomic mass is 16.5. The second-order valence-corrected chi connectivity index (χ2v) is 6.80. The van der Waals surface area contributed by atoms with Crippen LogP contribution in [-0.4, -0.2) is 18.6 Å². The average Bonchev–Trinajstić information content (AvgIpc) is 2.35. The summed E-state index contributed by atoms with van der Waals surface area (Å²) < 4.78 is 5.67. The number of ether oxygens (including phenoxy) is 1. The molecule has 3 unspecified atom stereocenters. The first-order chi connectivity index (χ1) is 9.55. The Morgan fingerprint density at radius 3 is 2.35 bits per heavy atom. The molecule has 1 aliphatic rings. The molecule has 3 heteroatoms. The summed E-state index contributed by atoms with van der Waals surface area (Å²) in [6.07, 6.45) is 8.35. The molecule has 1 fully saturated rings. The molecule has 0 bridgehead atoms. The standard InChI is InChI=1S/C17H33NO2/c1-4-5-15(8-9-18)6-7-17(19)20-16-11-13(2)10-14(3)12-16/h13-16H,4-12,18H2,1-3H3. The zero-order chi connectivity index (χ0) is 15.0. The van der Waals surface area contributed by atoms with E-state index in [0.717, 1.165) is 38.6 Å². The predicted molar refractivity (Wildman–Crippen MR) is 83.4 cm³/mol. The van der Waals surface area contributed by atoms with E-state index in [1.54, 1.807) is 0 Å². The van der Waals surface area contributed by atoms with Crippen molar-refractivity contribution >= 4 is 5.97 Å². The fourth-order valence-corrected chi connectivity index (χ4v) is 3.61. The van der Waals surface area contributed by atoms with E-state index in [2.05, 4.69) is 20.8 Å². The van der Waals surface area contributed by atoms with Crippen LogP contribution in [0.3, 0.4) is 0 Å². The van der Waals surface area contributed by atoms with Gasteiger partial charge in [0.05, 0.1) is 0 Å². The van der Waals surface area contributed by atoms with Crippen LogP contribution in [0, 0.1) is 17.8 Å². The Labute approximate surface area is 124 Å². The summed E-state index contributed by atoms with van der Waals surface area (Å²) in [6, 6.07) is 0. The lowest BCUT2D eigenvalue weighted by atomic mass is 9.82. The van der Waals surface area contributed by atoms with Crippen LogP contribution in [0.5, 0.6) is 0 Å². The van der Waals surface area contributed by atoms with Crippen molar-refractivity contribution in [3.63, 3.8) is 0 Å². The van der Waals surface area contributed by atoms with Gasteiger partial charge in [0.2, 0.25) is 0 Å². The van der Waals surface area contributed by atoms with Gasteiger partial charge in [-0.3, -0.25) is 4.79 Å². The number of rotatable bonds is 8. The summed E-state index contributed by atoms with van der Waals surface area (Å²) in [5.74, 6) is 1.94. The van der Waals surface area contributed by atoms with Crippen LogP contribution in [0.1, 0.15) is 72.1 Å². The van der Waals surface area contributed by atoms with Crippen LogP contribution >= 0.6 is 0 Å². The first-order valence-electron chi connectivity index (χ1n) is 8.44. The second kappa shape index (κ2) is 9.38. The van der Waals surface area contributed by atoms with Crippen LogP contribution in [0.25, 0.3) is 0 Å². The van der Waals surface area contributed by atoms with E-state index in [1.165, 1.54) is 12.8 Å². The molecule has 0 spiro atoms. The van der Waals surface area contributed by atoms with Crippen molar-refractivity contribution in [3.8, 4) is 0 Å². The van der Waals surface area contributed by atoms with Crippen molar-refractivity contribution in [2.75, 3.05) is 6.54 Å². The third kappa shape index (κ3) is 6.74. The lowest BCUT2D eigenvalue weighted by Crippen LogP contribution is -2.28. The number of carbonyl (C=O) groups is 1. The zero-order valence-electron chi connectivity index (χ0n) is 13.6. The Morgan fingerprint density at radius 1 is 1.15 bits per heavy atom.